The van der Waals surface area contributed by atoms with E-state index >= 15 is 0 Å². The first-order chi connectivity index (χ1) is 12.1. The fourth-order valence-corrected chi connectivity index (χ4v) is 3.69. The first kappa shape index (κ1) is 14.8. The van der Waals surface area contributed by atoms with Gasteiger partial charge in [0.2, 0.25) is 0 Å². The summed E-state index contributed by atoms with van der Waals surface area (Å²) in [7, 11) is 0. The lowest BCUT2D eigenvalue weighted by molar-refractivity contribution is 0.597. The van der Waals surface area contributed by atoms with Crippen LogP contribution in [0.15, 0.2) is 24.3 Å². The van der Waals surface area contributed by atoms with Gasteiger partial charge >= 0.3 is 0 Å². The van der Waals surface area contributed by atoms with Gasteiger partial charge in [-0.25, -0.2) is 9.37 Å². The molecule has 2 N–H and O–H groups in total. The summed E-state index contributed by atoms with van der Waals surface area (Å²) >= 11 is 0. The van der Waals surface area contributed by atoms with Gasteiger partial charge in [-0.2, -0.15) is 9.50 Å². The van der Waals surface area contributed by atoms with Crippen LogP contribution in [0.25, 0.3) is 5.78 Å². The molecule has 0 spiro atoms. The Morgan fingerprint density at radius 2 is 1.96 bits per heavy atom. The van der Waals surface area contributed by atoms with Crippen molar-refractivity contribution in [3.05, 3.63) is 52.7 Å². The molecule has 2 heterocycles. The van der Waals surface area contributed by atoms with Crippen LogP contribution in [0.1, 0.15) is 60.2 Å². The number of benzene rings is 1. The maximum atomic E-state index is 14.5. The Kier molecular flexibility index (Phi) is 3.11. The zero-order chi connectivity index (χ0) is 17.1. The number of nitrogen functional groups attached to an aromatic ring is 1. The maximum Gasteiger partial charge on any atom is 0.254 e. The van der Waals surface area contributed by atoms with Gasteiger partial charge in [0.05, 0.1) is 0 Å². The van der Waals surface area contributed by atoms with Crippen LogP contribution in [0, 0.1) is 18.7 Å². The van der Waals surface area contributed by atoms with E-state index < -0.39 is 0 Å². The van der Waals surface area contributed by atoms with Crippen molar-refractivity contribution in [2.45, 2.75) is 44.4 Å². The highest BCUT2D eigenvalue weighted by Crippen LogP contribution is 2.47. The lowest BCUT2D eigenvalue weighted by Crippen LogP contribution is -2.08. The minimum absolute atomic E-state index is 0.00385. The lowest BCUT2D eigenvalue weighted by atomic mass is 9.92. The first-order valence-corrected chi connectivity index (χ1v) is 8.89. The van der Waals surface area contributed by atoms with Crippen molar-refractivity contribution in [2.24, 2.45) is 5.92 Å². The second-order valence-corrected chi connectivity index (χ2v) is 7.37. The number of aromatic nitrogens is 4. The second-order valence-electron chi connectivity index (χ2n) is 7.37. The predicted molar refractivity (Wildman–Crippen MR) is 92.9 cm³/mol. The maximum absolute atomic E-state index is 14.5. The molecule has 0 unspecified atom stereocenters. The summed E-state index contributed by atoms with van der Waals surface area (Å²) in [6.07, 6.45) is 4.43. The average Bonchev–Trinajstić information content (AvgIpc) is 3.46. The Morgan fingerprint density at radius 1 is 1.16 bits per heavy atom. The highest BCUT2D eigenvalue weighted by Gasteiger charge is 2.37. The van der Waals surface area contributed by atoms with Crippen molar-refractivity contribution < 1.29 is 4.39 Å². The van der Waals surface area contributed by atoms with Gasteiger partial charge in [0.15, 0.2) is 5.82 Å². The summed E-state index contributed by atoms with van der Waals surface area (Å²) in [6.45, 7) is 1.88. The van der Waals surface area contributed by atoms with E-state index in [1.807, 2.05) is 19.1 Å². The summed E-state index contributed by atoms with van der Waals surface area (Å²) in [6, 6.07) is 7.46. The molecule has 1 aromatic carbocycles. The molecule has 25 heavy (non-hydrogen) atoms. The van der Waals surface area contributed by atoms with E-state index in [4.69, 9.17) is 5.73 Å². The molecule has 0 amide bonds. The smallest absolute Gasteiger partial charge is 0.254 e. The van der Waals surface area contributed by atoms with Gasteiger partial charge < -0.3 is 5.73 Å². The third kappa shape index (κ3) is 2.56. The van der Waals surface area contributed by atoms with E-state index in [1.54, 1.807) is 16.6 Å². The fourth-order valence-electron chi connectivity index (χ4n) is 3.69. The molecule has 5 nitrogen and oxygen atoms in total. The first-order valence-electron chi connectivity index (χ1n) is 8.89. The Bertz CT molecular complexity index is 971. The van der Waals surface area contributed by atoms with Crippen LogP contribution < -0.4 is 5.73 Å². The standard InChI is InChI=1S/C19H20FN5/c1-10-8-16(21)25-19(22-10)23-18(24-25)17(12-4-5-12)13-6-7-14(11-2-3-11)15(20)9-13/h6-9,11-12,17H,2-5,21H2,1H3/t17-/m1/s1. The summed E-state index contributed by atoms with van der Waals surface area (Å²) in [5, 5.41) is 4.59. The molecule has 1 atom stereocenters. The molecule has 2 aliphatic carbocycles. The van der Waals surface area contributed by atoms with E-state index in [2.05, 4.69) is 15.1 Å². The van der Waals surface area contributed by atoms with Gasteiger partial charge in [-0.3, -0.25) is 0 Å². The number of hydrogen-bond acceptors (Lipinski definition) is 4. The van der Waals surface area contributed by atoms with E-state index in [1.165, 1.54) is 0 Å². The molecule has 128 valence electrons. The number of hydrogen-bond donors (Lipinski definition) is 1. The third-order valence-corrected chi connectivity index (χ3v) is 5.26. The van der Waals surface area contributed by atoms with Crippen LogP contribution >= 0.6 is 0 Å². The fraction of sp³-hybridized carbons (Fsp3) is 0.421. The molecule has 2 fully saturated rings. The van der Waals surface area contributed by atoms with Crippen LogP contribution in [0.5, 0.6) is 0 Å². The van der Waals surface area contributed by atoms with Gasteiger partial charge in [-0.05, 0) is 61.6 Å². The molecule has 0 saturated heterocycles. The monoisotopic (exact) mass is 337 g/mol. The number of nitrogens with zero attached hydrogens (tertiary/aromatic N) is 4. The SMILES string of the molecule is Cc1cc(N)n2nc([C@@H](c3ccc(C4CC4)c(F)c3)C3CC3)nc2n1. The number of halogens is 1. The zero-order valence-corrected chi connectivity index (χ0v) is 14.1. The Balaban J connectivity index is 1.59. The molecule has 0 radical (unpaired) electrons. The topological polar surface area (TPSA) is 69.1 Å². The van der Waals surface area contributed by atoms with E-state index in [-0.39, 0.29) is 11.7 Å². The molecular formula is C19H20FN5. The number of nitrogens with two attached hydrogens (primary N) is 1. The number of rotatable bonds is 4. The normalized spacial score (nSPS) is 18.6. The van der Waals surface area contributed by atoms with Crippen molar-refractivity contribution in [3.8, 4) is 0 Å². The summed E-state index contributed by atoms with van der Waals surface area (Å²) < 4.78 is 16.1. The van der Waals surface area contributed by atoms with Crippen LogP contribution in [-0.2, 0) is 0 Å². The predicted octanol–water partition coefficient (Wildman–Crippen LogP) is 3.57. The molecule has 2 aromatic heterocycles. The van der Waals surface area contributed by atoms with Gasteiger partial charge in [-0.1, -0.05) is 12.1 Å². The quantitative estimate of drug-likeness (QED) is 0.790. The largest absolute Gasteiger partial charge is 0.383 e. The van der Waals surface area contributed by atoms with Crippen LogP contribution in [0.2, 0.25) is 0 Å². The molecule has 3 aromatic rings. The molecule has 2 saturated carbocycles. The van der Waals surface area contributed by atoms with Crippen molar-refractivity contribution in [1.29, 1.82) is 0 Å². The van der Waals surface area contributed by atoms with Gasteiger partial charge in [0, 0.05) is 17.7 Å². The van der Waals surface area contributed by atoms with E-state index in [9.17, 15) is 4.39 Å². The third-order valence-electron chi connectivity index (χ3n) is 5.26. The van der Waals surface area contributed by atoms with Crippen LogP contribution in [-0.4, -0.2) is 19.6 Å². The van der Waals surface area contributed by atoms with Crippen molar-refractivity contribution in [1.82, 2.24) is 19.6 Å². The van der Waals surface area contributed by atoms with Crippen molar-refractivity contribution in [2.75, 3.05) is 5.73 Å². The zero-order valence-electron chi connectivity index (χ0n) is 14.1. The van der Waals surface area contributed by atoms with Crippen LogP contribution in [0.4, 0.5) is 10.2 Å². The minimum Gasteiger partial charge on any atom is -0.383 e. The number of aryl methyl sites for hydroxylation is 1. The van der Waals surface area contributed by atoms with Crippen LogP contribution in [0.3, 0.4) is 0 Å². The number of fused-ring (bicyclic) bond motifs is 1. The van der Waals surface area contributed by atoms with Gasteiger partial charge in [0.25, 0.3) is 5.78 Å². The Hall–Kier alpha value is -2.50. The highest BCUT2D eigenvalue weighted by molar-refractivity contribution is 5.43. The van der Waals surface area contributed by atoms with Gasteiger partial charge in [-0.15, -0.1) is 5.10 Å². The lowest BCUT2D eigenvalue weighted by Gasteiger charge is -2.14. The summed E-state index contributed by atoms with van der Waals surface area (Å²) in [5.41, 5.74) is 8.66. The number of anilines is 1. The van der Waals surface area contributed by atoms with E-state index in [0.29, 0.717) is 29.3 Å². The average molecular weight is 337 g/mol. The molecule has 5 rings (SSSR count). The second kappa shape index (κ2) is 5.25. The summed E-state index contributed by atoms with van der Waals surface area (Å²) in [4.78, 5) is 9.02. The Morgan fingerprint density at radius 3 is 2.64 bits per heavy atom. The van der Waals surface area contributed by atoms with E-state index in [0.717, 1.165) is 42.5 Å². The molecule has 0 bridgehead atoms. The minimum atomic E-state index is -0.0945. The molecular weight excluding hydrogens is 317 g/mol. The molecule has 2 aliphatic rings. The van der Waals surface area contributed by atoms with Crippen molar-refractivity contribution in [3.63, 3.8) is 0 Å². The Labute approximate surface area is 145 Å². The highest BCUT2D eigenvalue weighted by atomic mass is 19.1. The molecule has 6 heteroatoms. The van der Waals surface area contributed by atoms with Crippen molar-refractivity contribution >= 4 is 11.6 Å². The summed E-state index contributed by atoms with van der Waals surface area (Å²) in [5.74, 6) is 2.50. The van der Waals surface area contributed by atoms with Gasteiger partial charge in [0.1, 0.15) is 11.6 Å². The molecule has 0 aliphatic heterocycles.